The summed E-state index contributed by atoms with van der Waals surface area (Å²) < 4.78 is 2.40. The van der Waals surface area contributed by atoms with Gasteiger partial charge < -0.3 is 4.57 Å². The number of hydrogen-bond donors (Lipinski definition) is 0. The quantitative estimate of drug-likeness (QED) is 0.564. The highest BCUT2D eigenvalue weighted by Gasteiger charge is 2.25. The summed E-state index contributed by atoms with van der Waals surface area (Å²) in [5.41, 5.74) is 7.43. The van der Waals surface area contributed by atoms with E-state index in [-0.39, 0.29) is 0 Å². The predicted octanol–water partition coefficient (Wildman–Crippen LogP) is 4.43. The monoisotopic (exact) mass is 261 g/mol. The fraction of sp³-hybridized carbons (Fsp3) is 0.263. The van der Waals surface area contributed by atoms with Gasteiger partial charge in [0.15, 0.2) is 0 Å². The average molecular weight is 261 g/mol. The first-order valence-corrected chi connectivity index (χ1v) is 7.41. The molecule has 1 aliphatic rings. The second kappa shape index (κ2) is 4.24. The molecule has 1 heterocycles. The minimum atomic E-state index is 0.481. The minimum Gasteiger partial charge on any atom is -0.347 e. The van der Waals surface area contributed by atoms with Gasteiger partial charge in [-0.05, 0) is 35.6 Å². The molecule has 1 heteroatoms. The van der Waals surface area contributed by atoms with Gasteiger partial charge in [-0.25, -0.2) is 0 Å². The van der Waals surface area contributed by atoms with E-state index in [0.29, 0.717) is 5.92 Å². The van der Waals surface area contributed by atoms with Crippen LogP contribution in [0.1, 0.15) is 35.2 Å². The van der Waals surface area contributed by atoms with Gasteiger partial charge in [-0.3, -0.25) is 0 Å². The Labute approximate surface area is 119 Å². The first-order valence-electron chi connectivity index (χ1n) is 7.41. The molecule has 4 rings (SSSR count). The van der Waals surface area contributed by atoms with E-state index in [9.17, 15) is 0 Å². The lowest BCUT2D eigenvalue weighted by atomic mass is 9.90. The molecule has 0 N–H and O–H groups in total. The normalized spacial score (nSPS) is 17.6. The lowest BCUT2D eigenvalue weighted by Gasteiger charge is -2.14. The van der Waals surface area contributed by atoms with E-state index in [2.05, 4.69) is 67.1 Å². The lowest BCUT2D eigenvalue weighted by Crippen LogP contribution is -2.00. The molecule has 3 aromatic rings. The zero-order valence-corrected chi connectivity index (χ0v) is 12.1. The van der Waals surface area contributed by atoms with Crippen LogP contribution in [0.5, 0.6) is 0 Å². The maximum atomic E-state index is 2.40. The second-order valence-corrected chi connectivity index (χ2v) is 5.86. The van der Waals surface area contributed by atoms with Crippen LogP contribution in [0.25, 0.3) is 10.9 Å². The summed E-state index contributed by atoms with van der Waals surface area (Å²) in [6, 6.07) is 17.7. The van der Waals surface area contributed by atoms with Gasteiger partial charge in [0.25, 0.3) is 0 Å². The van der Waals surface area contributed by atoms with Crippen LogP contribution >= 0.6 is 0 Å². The predicted molar refractivity (Wildman–Crippen MR) is 84.3 cm³/mol. The third kappa shape index (κ3) is 1.49. The Morgan fingerprint density at radius 3 is 2.60 bits per heavy atom. The molecule has 0 bridgehead atoms. The minimum absolute atomic E-state index is 0.481. The molecule has 0 radical (unpaired) electrons. The summed E-state index contributed by atoms with van der Waals surface area (Å²) in [5, 5.41) is 1.43. The number of nitrogens with zero attached hydrogens (tertiary/aromatic N) is 1. The molecule has 0 spiro atoms. The maximum absolute atomic E-state index is 2.40. The second-order valence-electron chi connectivity index (χ2n) is 5.86. The zero-order valence-electron chi connectivity index (χ0n) is 12.1. The smallest absolute Gasteiger partial charge is 0.0483 e. The van der Waals surface area contributed by atoms with Gasteiger partial charge >= 0.3 is 0 Å². The van der Waals surface area contributed by atoms with Crippen LogP contribution in [-0.4, -0.2) is 4.57 Å². The molecule has 2 aromatic carbocycles. The summed E-state index contributed by atoms with van der Waals surface area (Å²) in [5.74, 6) is 0.481. The van der Waals surface area contributed by atoms with Crippen molar-refractivity contribution < 1.29 is 0 Å². The van der Waals surface area contributed by atoms with Crippen LogP contribution < -0.4 is 0 Å². The van der Waals surface area contributed by atoms with Crippen molar-refractivity contribution in [3.05, 3.63) is 70.9 Å². The lowest BCUT2D eigenvalue weighted by molar-refractivity contribution is 0.813. The Balaban J connectivity index is 2.05. The molecule has 0 unspecified atom stereocenters. The summed E-state index contributed by atoms with van der Waals surface area (Å²) in [6.07, 6.45) is 2.29. The highest BCUT2D eigenvalue weighted by Crippen LogP contribution is 2.39. The zero-order chi connectivity index (χ0) is 13.7. The van der Waals surface area contributed by atoms with Gasteiger partial charge in [-0.1, -0.05) is 49.4 Å². The summed E-state index contributed by atoms with van der Waals surface area (Å²) in [7, 11) is 2.21. The van der Waals surface area contributed by atoms with Crippen molar-refractivity contribution >= 4 is 10.9 Å². The van der Waals surface area contributed by atoms with Crippen LogP contribution in [0.3, 0.4) is 0 Å². The SMILES string of the molecule is C[C@H]1c2ccccc2CCc2c1c1ccccc1n2C. The average Bonchev–Trinajstić information content (AvgIpc) is 2.68. The number of fused-ring (bicyclic) bond motifs is 4. The third-order valence-corrected chi connectivity index (χ3v) is 4.86. The third-order valence-electron chi connectivity index (χ3n) is 4.86. The van der Waals surface area contributed by atoms with Gasteiger partial charge in [-0.15, -0.1) is 0 Å². The standard InChI is InChI=1S/C19H19N/c1-13-15-8-4-3-7-14(15)11-12-18-19(13)16-9-5-6-10-17(16)20(18)2/h3-10,13H,11-12H2,1-2H3/t13-/m0/s1. The Kier molecular flexibility index (Phi) is 2.50. The Morgan fingerprint density at radius 2 is 1.70 bits per heavy atom. The van der Waals surface area contributed by atoms with Crippen LogP contribution in [0, 0.1) is 0 Å². The first-order chi connectivity index (χ1) is 9.77. The van der Waals surface area contributed by atoms with Crippen LogP contribution in [0.4, 0.5) is 0 Å². The van der Waals surface area contributed by atoms with E-state index in [4.69, 9.17) is 0 Å². The molecule has 1 atom stereocenters. The van der Waals surface area contributed by atoms with E-state index in [1.165, 1.54) is 33.3 Å². The molecule has 0 saturated carbocycles. The molecule has 1 aromatic heterocycles. The Morgan fingerprint density at radius 1 is 0.950 bits per heavy atom. The van der Waals surface area contributed by atoms with E-state index in [1.54, 1.807) is 0 Å². The molecule has 20 heavy (non-hydrogen) atoms. The van der Waals surface area contributed by atoms with Crippen molar-refractivity contribution in [3.63, 3.8) is 0 Å². The molecular weight excluding hydrogens is 242 g/mol. The fourth-order valence-electron chi connectivity index (χ4n) is 3.85. The number of aromatic nitrogens is 1. The van der Waals surface area contributed by atoms with Gasteiger partial charge in [0.2, 0.25) is 0 Å². The Bertz CT molecular complexity index is 795. The van der Waals surface area contributed by atoms with Crippen LogP contribution in [0.2, 0.25) is 0 Å². The molecule has 100 valence electrons. The highest BCUT2D eigenvalue weighted by molar-refractivity contribution is 5.87. The number of hydrogen-bond acceptors (Lipinski definition) is 0. The molecule has 0 saturated heterocycles. The van der Waals surface area contributed by atoms with Gasteiger partial charge in [0.1, 0.15) is 0 Å². The number of benzene rings is 2. The van der Waals surface area contributed by atoms with Crippen LogP contribution in [-0.2, 0) is 19.9 Å². The number of aryl methyl sites for hydroxylation is 2. The molecule has 0 fully saturated rings. The number of rotatable bonds is 0. The van der Waals surface area contributed by atoms with E-state index in [1.807, 2.05) is 0 Å². The van der Waals surface area contributed by atoms with Crippen molar-refractivity contribution in [1.29, 1.82) is 0 Å². The van der Waals surface area contributed by atoms with E-state index in [0.717, 1.165) is 12.8 Å². The summed E-state index contributed by atoms with van der Waals surface area (Å²) in [4.78, 5) is 0. The summed E-state index contributed by atoms with van der Waals surface area (Å²) >= 11 is 0. The fourth-order valence-corrected chi connectivity index (χ4v) is 3.85. The first kappa shape index (κ1) is 11.8. The van der Waals surface area contributed by atoms with Crippen molar-refractivity contribution in [1.82, 2.24) is 4.57 Å². The van der Waals surface area contributed by atoms with Gasteiger partial charge in [0, 0.05) is 29.6 Å². The molecule has 1 nitrogen and oxygen atoms in total. The highest BCUT2D eigenvalue weighted by atomic mass is 15.0. The van der Waals surface area contributed by atoms with Crippen molar-refractivity contribution in [2.24, 2.45) is 7.05 Å². The van der Waals surface area contributed by atoms with Crippen LogP contribution in [0.15, 0.2) is 48.5 Å². The molecule has 0 aliphatic heterocycles. The maximum Gasteiger partial charge on any atom is 0.0483 e. The van der Waals surface area contributed by atoms with Crippen molar-refractivity contribution in [2.45, 2.75) is 25.7 Å². The Hall–Kier alpha value is -2.02. The van der Waals surface area contributed by atoms with Crippen molar-refractivity contribution in [3.8, 4) is 0 Å². The molecule has 0 amide bonds. The van der Waals surface area contributed by atoms with Gasteiger partial charge in [0.05, 0.1) is 0 Å². The van der Waals surface area contributed by atoms with Crippen molar-refractivity contribution in [2.75, 3.05) is 0 Å². The topological polar surface area (TPSA) is 4.93 Å². The molecule has 1 aliphatic carbocycles. The summed E-state index contributed by atoms with van der Waals surface area (Å²) in [6.45, 7) is 2.36. The molecular formula is C19H19N. The van der Waals surface area contributed by atoms with Gasteiger partial charge in [-0.2, -0.15) is 0 Å². The number of para-hydroxylation sites is 1. The van der Waals surface area contributed by atoms with E-state index >= 15 is 0 Å². The van der Waals surface area contributed by atoms with E-state index < -0.39 is 0 Å². The largest absolute Gasteiger partial charge is 0.347 e.